The van der Waals surface area contributed by atoms with E-state index in [2.05, 4.69) is 44.3 Å². The van der Waals surface area contributed by atoms with Gasteiger partial charge in [0.15, 0.2) is 0 Å². The van der Waals surface area contributed by atoms with Crippen LogP contribution in [0.5, 0.6) is 0 Å². The van der Waals surface area contributed by atoms with Crippen LogP contribution in [-0.2, 0) is 37.4 Å². The van der Waals surface area contributed by atoms with Gasteiger partial charge in [0.05, 0.1) is 28.8 Å². The summed E-state index contributed by atoms with van der Waals surface area (Å²) in [7, 11) is 1.87. The van der Waals surface area contributed by atoms with Crippen molar-refractivity contribution in [3.05, 3.63) is 93.8 Å². The van der Waals surface area contributed by atoms with E-state index in [0.717, 1.165) is 31.4 Å². The molecule has 0 radical (unpaired) electrons. The van der Waals surface area contributed by atoms with Crippen molar-refractivity contribution in [2.75, 3.05) is 50.3 Å². The number of halogens is 3. The lowest BCUT2D eigenvalue weighted by Crippen LogP contribution is -2.45. The average molecular weight is 671 g/mol. The van der Waals surface area contributed by atoms with Crippen LogP contribution in [-0.4, -0.2) is 75.4 Å². The van der Waals surface area contributed by atoms with E-state index in [1.165, 1.54) is 12.1 Å². The highest BCUT2D eigenvalue weighted by molar-refractivity contribution is 5.98. The van der Waals surface area contributed by atoms with E-state index < -0.39 is 17.6 Å². The number of aromatic nitrogens is 3. The number of fused-ring (bicyclic) bond motifs is 1. The fourth-order valence-electron chi connectivity index (χ4n) is 6.24. The minimum atomic E-state index is -4.55. The minimum Gasteiger partial charge on any atom is -0.368 e. The van der Waals surface area contributed by atoms with Crippen LogP contribution in [0.25, 0.3) is 11.4 Å². The standard InChI is InChI=1S/C36H37F3N8O2/c1-3-46-14-16-47(17-15-46)22-26-10-11-27(19-29(26)36(37,38)39)43-32(48)18-24-6-4-23(5-7-24)8-9-25-21-42-35(40)44-33(25)31-20-28-30(45(31)2)12-13-41-34(28)49/h4-7,10-11,19-21H,3,12-18,22H2,1-2H3,(H,41,49)(H,43,48)(H2,40,42,44). The van der Waals surface area contributed by atoms with Gasteiger partial charge in [-0.25, -0.2) is 9.97 Å². The predicted molar refractivity (Wildman–Crippen MR) is 180 cm³/mol. The van der Waals surface area contributed by atoms with E-state index in [4.69, 9.17) is 5.73 Å². The smallest absolute Gasteiger partial charge is 0.368 e. The van der Waals surface area contributed by atoms with Crippen molar-refractivity contribution in [1.29, 1.82) is 0 Å². The fraction of sp³-hybridized carbons (Fsp3) is 0.333. The molecular formula is C36H37F3N8O2. The van der Waals surface area contributed by atoms with Crippen molar-refractivity contribution >= 4 is 23.5 Å². The molecule has 4 aromatic rings. The molecule has 2 amide bonds. The third-order valence-electron chi connectivity index (χ3n) is 8.97. The highest BCUT2D eigenvalue weighted by Crippen LogP contribution is 2.35. The summed E-state index contributed by atoms with van der Waals surface area (Å²) in [4.78, 5) is 38.1. The Hall–Kier alpha value is -5.19. The summed E-state index contributed by atoms with van der Waals surface area (Å²) in [5.74, 6) is 5.70. The SMILES string of the molecule is CCN1CCN(Cc2ccc(NC(=O)Cc3ccc(C#Cc4cnc(N)nc4-c4cc5c(n4C)CCNC5=O)cc3)cc2C(F)(F)F)CC1. The first-order chi connectivity index (χ1) is 23.5. The molecule has 2 aromatic carbocycles. The van der Waals surface area contributed by atoms with E-state index in [9.17, 15) is 22.8 Å². The summed E-state index contributed by atoms with van der Waals surface area (Å²) in [6, 6.07) is 12.8. The molecule has 2 aliphatic rings. The molecule has 2 aliphatic heterocycles. The highest BCUT2D eigenvalue weighted by Gasteiger charge is 2.34. The van der Waals surface area contributed by atoms with Crippen LogP contribution in [0, 0.1) is 11.8 Å². The molecule has 0 spiro atoms. The molecule has 4 heterocycles. The van der Waals surface area contributed by atoms with Crippen molar-refractivity contribution in [3.63, 3.8) is 0 Å². The Morgan fingerprint density at radius 2 is 1.78 bits per heavy atom. The zero-order valence-electron chi connectivity index (χ0n) is 27.3. The van der Waals surface area contributed by atoms with Crippen molar-refractivity contribution in [2.24, 2.45) is 7.05 Å². The first-order valence-electron chi connectivity index (χ1n) is 16.1. The number of carbonyl (C=O) groups excluding carboxylic acids is 2. The summed E-state index contributed by atoms with van der Waals surface area (Å²) in [6.07, 6.45) is -2.34. The van der Waals surface area contributed by atoms with Gasteiger partial charge >= 0.3 is 6.18 Å². The molecule has 0 aliphatic carbocycles. The van der Waals surface area contributed by atoms with Crippen LogP contribution in [0.4, 0.5) is 24.8 Å². The zero-order valence-corrected chi connectivity index (χ0v) is 27.3. The summed E-state index contributed by atoms with van der Waals surface area (Å²) in [5, 5.41) is 5.47. The van der Waals surface area contributed by atoms with Gasteiger partial charge in [0.2, 0.25) is 11.9 Å². The normalized spacial score (nSPS) is 15.2. The molecule has 254 valence electrons. The van der Waals surface area contributed by atoms with Gasteiger partial charge in [0.1, 0.15) is 5.69 Å². The zero-order chi connectivity index (χ0) is 34.7. The number of piperazine rings is 1. The Labute approximate surface area is 282 Å². The van der Waals surface area contributed by atoms with E-state index in [1.807, 2.05) is 16.5 Å². The number of nitrogen functional groups attached to an aromatic ring is 1. The second kappa shape index (κ2) is 14.1. The van der Waals surface area contributed by atoms with E-state index in [1.54, 1.807) is 36.5 Å². The number of rotatable bonds is 7. The molecule has 0 saturated carbocycles. The lowest BCUT2D eigenvalue weighted by molar-refractivity contribution is -0.138. The second-order valence-electron chi connectivity index (χ2n) is 12.2. The molecule has 6 rings (SSSR count). The lowest BCUT2D eigenvalue weighted by Gasteiger charge is -2.34. The number of likely N-dealkylation sites (N-methyl/N-ethyl adjacent to an activating group) is 1. The van der Waals surface area contributed by atoms with Gasteiger partial charge in [-0.05, 0) is 48.0 Å². The number of amides is 2. The molecular weight excluding hydrogens is 633 g/mol. The molecule has 0 unspecified atom stereocenters. The molecule has 49 heavy (non-hydrogen) atoms. The molecule has 0 atom stereocenters. The maximum absolute atomic E-state index is 14.0. The first-order valence-corrected chi connectivity index (χ1v) is 16.1. The van der Waals surface area contributed by atoms with Crippen LogP contribution < -0.4 is 16.4 Å². The Kier molecular flexibility index (Phi) is 9.71. The third kappa shape index (κ3) is 7.77. The molecule has 0 bridgehead atoms. The van der Waals surface area contributed by atoms with Gasteiger partial charge in [-0.3, -0.25) is 14.5 Å². The Bertz CT molecular complexity index is 1930. The van der Waals surface area contributed by atoms with Gasteiger partial charge in [-0.2, -0.15) is 13.2 Å². The minimum absolute atomic E-state index is 0.0276. The molecule has 1 fully saturated rings. The fourth-order valence-corrected chi connectivity index (χ4v) is 6.24. The van der Waals surface area contributed by atoms with E-state index in [-0.39, 0.29) is 36.1 Å². The van der Waals surface area contributed by atoms with Gasteiger partial charge in [-0.15, -0.1) is 0 Å². The summed E-state index contributed by atoms with van der Waals surface area (Å²) in [6.45, 7) is 6.84. The number of alkyl halides is 3. The average Bonchev–Trinajstić information content (AvgIpc) is 3.42. The Balaban J connectivity index is 1.12. The van der Waals surface area contributed by atoms with Crippen molar-refractivity contribution in [1.82, 2.24) is 29.7 Å². The predicted octanol–water partition coefficient (Wildman–Crippen LogP) is 4.09. The van der Waals surface area contributed by atoms with Gasteiger partial charge in [0.25, 0.3) is 5.91 Å². The van der Waals surface area contributed by atoms with Gasteiger partial charge in [0, 0.05) is 75.9 Å². The van der Waals surface area contributed by atoms with Gasteiger partial charge < -0.3 is 25.8 Å². The molecule has 2 aromatic heterocycles. The van der Waals surface area contributed by atoms with Crippen LogP contribution >= 0.6 is 0 Å². The lowest BCUT2D eigenvalue weighted by atomic mass is 10.0. The molecule has 13 heteroatoms. The Morgan fingerprint density at radius 3 is 2.47 bits per heavy atom. The van der Waals surface area contributed by atoms with Crippen LogP contribution in [0.15, 0.2) is 54.7 Å². The summed E-state index contributed by atoms with van der Waals surface area (Å²) in [5.41, 5.74) is 10.0. The maximum atomic E-state index is 14.0. The molecule has 10 nitrogen and oxygen atoms in total. The van der Waals surface area contributed by atoms with Crippen molar-refractivity contribution in [2.45, 2.75) is 32.5 Å². The van der Waals surface area contributed by atoms with Crippen LogP contribution in [0.3, 0.4) is 0 Å². The van der Waals surface area contributed by atoms with Crippen molar-refractivity contribution in [3.8, 4) is 23.2 Å². The number of carbonyl (C=O) groups is 2. The quantitative estimate of drug-likeness (QED) is 0.254. The van der Waals surface area contributed by atoms with Crippen molar-refractivity contribution < 1.29 is 22.8 Å². The molecule has 4 N–H and O–H groups in total. The summed E-state index contributed by atoms with van der Waals surface area (Å²) < 4.78 is 44.0. The van der Waals surface area contributed by atoms with E-state index >= 15 is 0 Å². The Morgan fingerprint density at radius 1 is 1.04 bits per heavy atom. The number of nitrogens with zero attached hydrogens (tertiary/aromatic N) is 5. The number of nitrogens with one attached hydrogen (secondary N) is 2. The highest BCUT2D eigenvalue weighted by atomic mass is 19.4. The number of nitrogens with two attached hydrogens (primary N) is 1. The third-order valence-corrected chi connectivity index (χ3v) is 8.97. The first kappa shape index (κ1) is 33.7. The largest absolute Gasteiger partial charge is 0.416 e. The number of hydrogen-bond acceptors (Lipinski definition) is 7. The monoisotopic (exact) mass is 670 g/mol. The van der Waals surface area contributed by atoms with E-state index in [0.29, 0.717) is 59.7 Å². The maximum Gasteiger partial charge on any atom is 0.416 e. The topological polar surface area (TPSA) is 121 Å². The number of hydrogen-bond donors (Lipinski definition) is 3. The second-order valence-corrected chi connectivity index (χ2v) is 12.2. The van der Waals surface area contributed by atoms with Gasteiger partial charge in [-0.1, -0.05) is 37.0 Å². The number of benzene rings is 2. The number of anilines is 2. The van der Waals surface area contributed by atoms with Crippen LogP contribution in [0.1, 0.15) is 50.8 Å². The summed E-state index contributed by atoms with van der Waals surface area (Å²) >= 11 is 0. The molecule has 1 saturated heterocycles. The van der Waals surface area contributed by atoms with Crippen LogP contribution in [0.2, 0.25) is 0 Å².